The van der Waals surface area contributed by atoms with Crippen LogP contribution in [0, 0.1) is 5.92 Å². The van der Waals surface area contributed by atoms with Crippen molar-refractivity contribution < 1.29 is 4.79 Å². The van der Waals surface area contributed by atoms with E-state index in [4.69, 9.17) is 5.73 Å². The molecule has 1 heterocycles. The zero-order valence-electron chi connectivity index (χ0n) is 11.8. The Morgan fingerprint density at radius 2 is 2.00 bits per heavy atom. The molecule has 0 saturated carbocycles. The summed E-state index contributed by atoms with van der Waals surface area (Å²) in [5, 5.41) is 12.7. The molecular weight excluding hydrogens is 284 g/mol. The lowest BCUT2D eigenvalue weighted by Crippen LogP contribution is -2.44. The van der Waals surface area contributed by atoms with Gasteiger partial charge < -0.3 is 11.1 Å². The third-order valence-corrected chi connectivity index (χ3v) is 4.17. The van der Waals surface area contributed by atoms with Gasteiger partial charge in [-0.15, -0.1) is 22.6 Å². The molecule has 110 valence electrons. The Bertz CT molecular complexity index is 397. The smallest absolute Gasteiger partial charge is 0.237 e. The van der Waals surface area contributed by atoms with Crippen LogP contribution in [-0.4, -0.2) is 22.1 Å². The number of rotatable bonds is 6. The predicted octanol–water partition coefficient (Wildman–Crippen LogP) is 2.07. The highest BCUT2D eigenvalue weighted by molar-refractivity contribution is 7.11. The van der Waals surface area contributed by atoms with Gasteiger partial charge >= 0.3 is 0 Å². The van der Waals surface area contributed by atoms with Gasteiger partial charge in [0, 0.05) is 5.92 Å². The molecule has 3 N–H and O–H groups in total. The maximum Gasteiger partial charge on any atom is 0.237 e. The molecule has 0 aliphatic rings. The third-order valence-electron chi connectivity index (χ3n) is 2.95. The number of hydrogen-bond acceptors (Lipinski definition) is 5. The fourth-order valence-corrected chi connectivity index (χ4v) is 2.15. The molecule has 5 nitrogen and oxygen atoms in total. The first-order valence-corrected chi connectivity index (χ1v) is 7.12. The Hall–Kier alpha value is -0.720. The van der Waals surface area contributed by atoms with Gasteiger partial charge in [-0.2, -0.15) is 0 Å². The molecule has 0 radical (unpaired) electrons. The standard InChI is InChI=1S/C12H22N4OS.ClH/c1-5-8(4)10(13)11(17)14-6-9-15-16-12(18-9)7(2)3;/h7-8,10H,5-6,13H2,1-4H3,(H,14,17);1H. The summed E-state index contributed by atoms with van der Waals surface area (Å²) >= 11 is 1.53. The number of nitrogens with two attached hydrogens (primary N) is 1. The van der Waals surface area contributed by atoms with Crippen molar-refractivity contribution in [2.24, 2.45) is 11.7 Å². The predicted molar refractivity (Wildman–Crippen MR) is 80.5 cm³/mol. The van der Waals surface area contributed by atoms with Crippen molar-refractivity contribution in [2.75, 3.05) is 0 Å². The van der Waals surface area contributed by atoms with E-state index in [0.29, 0.717) is 12.5 Å². The van der Waals surface area contributed by atoms with Crippen molar-refractivity contribution >= 4 is 29.7 Å². The molecule has 1 aromatic rings. The summed E-state index contributed by atoms with van der Waals surface area (Å²) in [6.45, 7) is 8.56. The van der Waals surface area contributed by atoms with Gasteiger partial charge in [0.2, 0.25) is 5.91 Å². The van der Waals surface area contributed by atoms with Gasteiger partial charge in [-0.25, -0.2) is 0 Å². The summed E-state index contributed by atoms with van der Waals surface area (Å²) in [5.74, 6) is 0.436. The van der Waals surface area contributed by atoms with Crippen molar-refractivity contribution in [3.63, 3.8) is 0 Å². The minimum Gasteiger partial charge on any atom is -0.348 e. The highest BCUT2D eigenvalue weighted by Crippen LogP contribution is 2.18. The minimum atomic E-state index is -0.451. The molecule has 0 bridgehead atoms. The normalized spacial score (nSPS) is 13.8. The number of aromatic nitrogens is 2. The van der Waals surface area contributed by atoms with Crippen molar-refractivity contribution in [2.45, 2.75) is 52.6 Å². The average Bonchev–Trinajstić information content (AvgIpc) is 2.82. The number of halogens is 1. The second kappa shape index (κ2) is 8.45. The summed E-state index contributed by atoms with van der Waals surface area (Å²) in [4.78, 5) is 11.8. The minimum absolute atomic E-state index is 0. The maximum absolute atomic E-state index is 11.8. The average molecular weight is 307 g/mol. The monoisotopic (exact) mass is 306 g/mol. The van der Waals surface area contributed by atoms with E-state index in [2.05, 4.69) is 29.4 Å². The van der Waals surface area contributed by atoms with Crippen LogP contribution < -0.4 is 11.1 Å². The summed E-state index contributed by atoms with van der Waals surface area (Å²) in [5.41, 5.74) is 5.84. The Balaban J connectivity index is 0.00000324. The van der Waals surface area contributed by atoms with Crippen molar-refractivity contribution in [1.82, 2.24) is 15.5 Å². The fourth-order valence-electron chi connectivity index (χ4n) is 1.36. The van der Waals surface area contributed by atoms with Crippen LogP contribution >= 0.6 is 23.7 Å². The number of carbonyl (C=O) groups excluding carboxylic acids is 1. The Kier molecular flexibility index (Phi) is 8.13. The van der Waals surface area contributed by atoms with Crippen LogP contribution in [0.2, 0.25) is 0 Å². The van der Waals surface area contributed by atoms with Gasteiger partial charge in [0.25, 0.3) is 0 Å². The topological polar surface area (TPSA) is 80.9 Å². The molecule has 19 heavy (non-hydrogen) atoms. The molecule has 2 unspecified atom stereocenters. The summed E-state index contributed by atoms with van der Waals surface area (Å²) in [7, 11) is 0. The van der Waals surface area contributed by atoms with E-state index < -0.39 is 6.04 Å². The second-order valence-corrected chi connectivity index (χ2v) is 5.91. The quantitative estimate of drug-likeness (QED) is 0.843. The van der Waals surface area contributed by atoms with Crippen LogP contribution in [0.3, 0.4) is 0 Å². The van der Waals surface area contributed by atoms with Crippen molar-refractivity contribution in [3.8, 4) is 0 Å². The third kappa shape index (κ3) is 5.42. The molecule has 2 atom stereocenters. The number of carbonyl (C=O) groups is 1. The van der Waals surface area contributed by atoms with E-state index in [1.807, 2.05) is 13.8 Å². The molecule has 1 aromatic heterocycles. The van der Waals surface area contributed by atoms with E-state index in [1.54, 1.807) is 0 Å². The number of amides is 1. The summed E-state index contributed by atoms with van der Waals surface area (Å²) in [6.07, 6.45) is 0.894. The zero-order chi connectivity index (χ0) is 13.7. The lowest BCUT2D eigenvalue weighted by Gasteiger charge is -2.17. The van der Waals surface area contributed by atoms with E-state index in [0.717, 1.165) is 16.4 Å². The van der Waals surface area contributed by atoms with Crippen LogP contribution in [0.4, 0.5) is 0 Å². The molecule has 1 rings (SSSR count). The Morgan fingerprint density at radius 3 is 2.47 bits per heavy atom. The van der Waals surface area contributed by atoms with E-state index in [-0.39, 0.29) is 24.2 Å². The first-order valence-electron chi connectivity index (χ1n) is 6.31. The number of hydrogen-bond donors (Lipinski definition) is 2. The van der Waals surface area contributed by atoms with Crippen LogP contribution in [0.15, 0.2) is 0 Å². The summed E-state index contributed by atoms with van der Waals surface area (Å²) < 4.78 is 0. The van der Waals surface area contributed by atoms with Gasteiger partial charge in [-0.05, 0) is 5.92 Å². The van der Waals surface area contributed by atoms with Gasteiger partial charge in [-0.3, -0.25) is 4.79 Å². The SMILES string of the molecule is CCC(C)C(N)C(=O)NCc1nnc(C(C)C)s1.Cl. The van der Waals surface area contributed by atoms with E-state index in [9.17, 15) is 4.79 Å². The fraction of sp³-hybridized carbons (Fsp3) is 0.750. The van der Waals surface area contributed by atoms with Crippen LogP contribution in [-0.2, 0) is 11.3 Å². The molecule has 0 aromatic carbocycles. The molecule has 0 spiro atoms. The van der Waals surface area contributed by atoms with Gasteiger partial charge in [-0.1, -0.05) is 45.5 Å². The number of nitrogens with zero attached hydrogens (tertiary/aromatic N) is 2. The summed E-state index contributed by atoms with van der Waals surface area (Å²) in [6, 6.07) is -0.451. The lowest BCUT2D eigenvalue weighted by atomic mass is 9.99. The van der Waals surface area contributed by atoms with Crippen LogP contribution in [0.1, 0.15) is 50.0 Å². The molecular formula is C12H23ClN4OS. The Morgan fingerprint density at radius 1 is 1.37 bits per heavy atom. The maximum atomic E-state index is 11.8. The van der Waals surface area contributed by atoms with Gasteiger partial charge in [0.1, 0.15) is 10.0 Å². The lowest BCUT2D eigenvalue weighted by molar-refractivity contribution is -0.123. The zero-order valence-corrected chi connectivity index (χ0v) is 13.5. The van der Waals surface area contributed by atoms with Crippen LogP contribution in [0.5, 0.6) is 0 Å². The highest BCUT2D eigenvalue weighted by Gasteiger charge is 2.19. The Labute approximate surface area is 124 Å². The largest absolute Gasteiger partial charge is 0.348 e. The molecule has 0 saturated heterocycles. The van der Waals surface area contributed by atoms with E-state index >= 15 is 0 Å². The highest BCUT2D eigenvalue weighted by atomic mass is 35.5. The van der Waals surface area contributed by atoms with Crippen LogP contribution in [0.25, 0.3) is 0 Å². The molecule has 0 aliphatic heterocycles. The molecule has 0 aliphatic carbocycles. The number of nitrogens with one attached hydrogen (secondary N) is 1. The first kappa shape index (κ1) is 18.3. The molecule has 1 amide bonds. The van der Waals surface area contributed by atoms with Gasteiger partial charge in [0.05, 0.1) is 12.6 Å². The van der Waals surface area contributed by atoms with Gasteiger partial charge in [0.15, 0.2) is 0 Å². The molecule has 0 fully saturated rings. The molecule has 7 heteroatoms. The van der Waals surface area contributed by atoms with Crippen molar-refractivity contribution in [3.05, 3.63) is 10.0 Å². The van der Waals surface area contributed by atoms with Crippen molar-refractivity contribution in [1.29, 1.82) is 0 Å². The first-order chi connectivity index (χ1) is 8.45. The second-order valence-electron chi connectivity index (χ2n) is 4.82. The van der Waals surface area contributed by atoms with E-state index in [1.165, 1.54) is 11.3 Å².